The van der Waals surface area contributed by atoms with E-state index in [0.717, 1.165) is 30.4 Å². The monoisotopic (exact) mass is 388 g/mol. The first-order chi connectivity index (χ1) is 13.1. The maximum atomic E-state index is 12.6. The first-order valence-corrected chi connectivity index (χ1v) is 10.5. The van der Waals surface area contributed by atoms with Gasteiger partial charge in [0.25, 0.3) is 0 Å². The zero-order valence-corrected chi connectivity index (χ0v) is 16.8. The molecule has 1 saturated heterocycles. The molecule has 2 atom stereocenters. The largest absolute Gasteiger partial charge is 0.465 e. The zero-order valence-electron chi connectivity index (χ0n) is 16.0. The third kappa shape index (κ3) is 5.86. The minimum atomic E-state index is -0.103. The molecule has 6 heteroatoms. The number of aryl methyl sites for hydroxylation is 1. The Labute approximate surface area is 165 Å². The number of furan rings is 1. The topological polar surface area (TPSA) is 54.7 Å². The van der Waals surface area contributed by atoms with Gasteiger partial charge >= 0.3 is 0 Å². The van der Waals surface area contributed by atoms with Gasteiger partial charge in [0.2, 0.25) is 5.91 Å². The molecule has 1 aromatic carbocycles. The molecule has 0 spiro atoms. The lowest BCUT2D eigenvalue weighted by Crippen LogP contribution is -2.44. The number of morpholine rings is 1. The predicted octanol–water partition coefficient (Wildman–Crippen LogP) is 3.40. The number of thioether (sulfide) groups is 1. The Bertz CT molecular complexity index is 713. The normalized spacial score (nSPS) is 17.4. The Hall–Kier alpha value is -1.76. The van der Waals surface area contributed by atoms with Crippen LogP contribution in [0.15, 0.2) is 46.9 Å². The van der Waals surface area contributed by atoms with Crippen LogP contribution in [0.3, 0.4) is 0 Å². The summed E-state index contributed by atoms with van der Waals surface area (Å²) in [5.41, 5.74) is 1.24. The van der Waals surface area contributed by atoms with Crippen molar-refractivity contribution in [3.8, 4) is 0 Å². The average Bonchev–Trinajstić information content (AvgIpc) is 3.13. The first-order valence-electron chi connectivity index (χ1n) is 9.45. The third-order valence-corrected chi connectivity index (χ3v) is 5.97. The summed E-state index contributed by atoms with van der Waals surface area (Å²) < 4.78 is 11.3. The Morgan fingerprint density at radius 1 is 1.19 bits per heavy atom. The fourth-order valence-corrected chi connectivity index (χ4v) is 4.01. The van der Waals surface area contributed by atoms with E-state index in [1.54, 1.807) is 11.8 Å². The van der Waals surface area contributed by atoms with Gasteiger partial charge in [-0.05, 0) is 31.5 Å². The second kappa shape index (κ2) is 9.97. The molecule has 1 fully saturated rings. The number of nitrogens with zero attached hydrogens (tertiary/aromatic N) is 1. The lowest BCUT2D eigenvalue weighted by atomic mass is 10.1. The molecule has 1 N–H and O–H groups in total. The van der Waals surface area contributed by atoms with Crippen molar-refractivity contribution in [1.82, 2.24) is 10.2 Å². The molecule has 2 aromatic rings. The van der Waals surface area contributed by atoms with Crippen molar-refractivity contribution in [3.05, 3.63) is 59.5 Å². The summed E-state index contributed by atoms with van der Waals surface area (Å²) in [6.07, 6.45) is 0. The first kappa shape index (κ1) is 20.0. The van der Waals surface area contributed by atoms with Crippen molar-refractivity contribution in [2.75, 3.05) is 32.8 Å². The van der Waals surface area contributed by atoms with Gasteiger partial charge in [0.05, 0.1) is 24.5 Å². The number of hydrogen-bond acceptors (Lipinski definition) is 5. The van der Waals surface area contributed by atoms with Crippen LogP contribution in [-0.4, -0.2) is 48.9 Å². The molecule has 0 bridgehead atoms. The van der Waals surface area contributed by atoms with E-state index in [4.69, 9.17) is 9.15 Å². The van der Waals surface area contributed by atoms with Crippen LogP contribution in [-0.2, 0) is 15.3 Å². The summed E-state index contributed by atoms with van der Waals surface area (Å²) >= 11 is 1.66. The average molecular weight is 389 g/mol. The van der Waals surface area contributed by atoms with Crippen molar-refractivity contribution in [3.63, 3.8) is 0 Å². The maximum Gasteiger partial charge on any atom is 0.232 e. The maximum absolute atomic E-state index is 12.6. The number of carbonyl (C=O) groups is 1. The number of rotatable bonds is 8. The third-order valence-electron chi connectivity index (χ3n) is 4.76. The number of hydrogen-bond donors (Lipinski definition) is 1. The Morgan fingerprint density at radius 2 is 1.93 bits per heavy atom. The van der Waals surface area contributed by atoms with E-state index in [1.165, 1.54) is 5.56 Å². The molecule has 1 amide bonds. The van der Waals surface area contributed by atoms with Crippen molar-refractivity contribution in [2.24, 2.45) is 0 Å². The highest BCUT2D eigenvalue weighted by molar-refractivity contribution is 7.99. The van der Waals surface area contributed by atoms with Crippen LogP contribution in [0.1, 0.15) is 30.0 Å². The molecule has 1 aliphatic rings. The van der Waals surface area contributed by atoms with Crippen LogP contribution in [0, 0.1) is 6.92 Å². The van der Waals surface area contributed by atoms with E-state index < -0.39 is 0 Å². The van der Waals surface area contributed by atoms with Gasteiger partial charge in [-0.3, -0.25) is 9.69 Å². The molecular weight excluding hydrogens is 360 g/mol. The summed E-state index contributed by atoms with van der Waals surface area (Å²) in [4.78, 5) is 14.9. The summed E-state index contributed by atoms with van der Waals surface area (Å²) in [6.45, 7) is 7.57. The molecule has 1 aromatic heterocycles. The van der Waals surface area contributed by atoms with E-state index in [2.05, 4.69) is 22.3 Å². The van der Waals surface area contributed by atoms with Crippen molar-refractivity contribution in [1.29, 1.82) is 0 Å². The van der Waals surface area contributed by atoms with Crippen LogP contribution < -0.4 is 5.32 Å². The molecule has 1 aliphatic heterocycles. The number of nitrogens with one attached hydrogen (secondary N) is 1. The molecule has 2 unspecified atom stereocenters. The van der Waals surface area contributed by atoms with Crippen molar-refractivity contribution < 1.29 is 13.9 Å². The van der Waals surface area contributed by atoms with Crippen LogP contribution in [0.2, 0.25) is 0 Å². The number of ether oxygens (including phenoxy) is 1. The Kier molecular flexibility index (Phi) is 7.38. The van der Waals surface area contributed by atoms with Crippen LogP contribution in [0.25, 0.3) is 0 Å². The molecule has 0 aliphatic carbocycles. The van der Waals surface area contributed by atoms with Crippen LogP contribution >= 0.6 is 11.8 Å². The lowest BCUT2D eigenvalue weighted by molar-refractivity contribution is -0.120. The molecule has 27 heavy (non-hydrogen) atoms. The molecule has 0 radical (unpaired) electrons. The van der Waals surface area contributed by atoms with E-state index >= 15 is 0 Å². The summed E-state index contributed by atoms with van der Waals surface area (Å²) in [7, 11) is 0. The highest BCUT2D eigenvalue weighted by Crippen LogP contribution is 2.24. The van der Waals surface area contributed by atoms with Gasteiger partial charge in [-0.15, -0.1) is 11.8 Å². The van der Waals surface area contributed by atoms with Crippen LogP contribution in [0.5, 0.6) is 0 Å². The van der Waals surface area contributed by atoms with Gasteiger partial charge in [0.15, 0.2) is 0 Å². The molecule has 5 nitrogen and oxygen atoms in total. The number of amides is 1. The quantitative estimate of drug-likeness (QED) is 0.751. The minimum Gasteiger partial charge on any atom is -0.465 e. The van der Waals surface area contributed by atoms with Gasteiger partial charge in [-0.2, -0.15) is 0 Å². The molecule has 146 valence electrons. The van der Waals surface area contributed by atoms with Gasteiger partial charge in [0.1, 0.15) is 11.5 Å². The summed E-state index contributed by atoms with van der Waals surface area (Å²) in [6, 6.07) is 14.3. The molecular formula is C21H28N2O3S. The van der Waals surface area contributed by atoms with Gasteiger partial charge in [-0.25, -0.2) is 0 Å². The van der Waals surface area contributed by atoms with E-state index in [-0.39, 0.29) is 17.2 Å². The molecule has 0 saturated carbocycles. The van der Waals surface area contributed by atoms with E-state index in [1.807, 2.05) is 44.2 Å². The highest BCUT2D eigenvalue weighted by atomic mass is 32.2. The van der Waals surface area contributed by atoms with Crippen LogP contribution in [0.4, 0.5) is 0 Å². The molecule has 3 rings (SSSR count). The number of carbonyl (C=O) groups excluding carboxylic acids is 1. The smallest absolute Gasteiger partial charge is 0.232 e. The summed E-state index contributed by atoms with van der Waals surface area (Å²) in [5.74, 6) is 2.69. The Morgan fingerprint density at radius 3 is 2.59 bits per heavy atom. The van der Waals surface area contributed by atoms with E-state index in [9.17, 15) is 4.79 Å². The second-order valence-electron chi connectivity index (χ2n) is 6.80. The fraction of sp³-hybridized carbons (Fsp3) is 0.476. The SMILES string of the molecule is Cc1ccc(C(CNC(=O)C(C)SCc2ccccc2)N2CCOCC2)o1. The van der Waals surface area contributed by atoms with Crippen molar-refractivity contribution in [2.45, 2.75) is 30.9 Å². The zero-order chi connectivity index (χ0) is 19.1. The summed E-state index contributed by atoms with van der Waals surface area (Å²) in [5, 5.41) is 3.02. The van der Waals surface area contributed by atoms with Gasteiger partial charge in [0, 0.05) is 25.4 Å². The fourth-order valence-electron chi connectivity index (χ4n) is 3.14. The molecule has 2 heterocycles. The van der Waals surface area contributed by atoms with Crippen molar-refractivity contribution >= 4 is 17.7 Å². The predicted molar refractivity (Wildman–Crippen MR) is 109 cm³/mol. The Balaban J connectivity index is 1.54. The minimum absolute atomic E-state index is 0.0397. The van der Waals surface area contributed by atoms with Gasteiger partial charge < -0.3 is 14.5 Å². The highest BCUT2D eigenvalue weighted by Gasteiger charge is 2.26. The number of benzene rings is 1. The second-order valence-corrected chi connectivity index (χ2v) is 8.13. The van der Waals surface area contributed by atoms with Gasteiger partial charge in [-0.1, -0.05) is 30.3 Å². The standard InChI is InChI=1S/C21H28N2O3S/c1-16-8-9-20(26-16)19(23-10-12-25-13-11-23)14-22-21(24)17(2)27-15-18-6-4-3-5-7-18/h3-9,17,19H,10-15H2,1-2H3,(H,22,24). The lowest BCUT2D eigenvalue weighted by Gasteiger charge is -2.33. The van der Waals surface area contributed by atoms with E-state index in [0.29, 0.717) is 19.8 Å².